The van der Waals surface area contributed by atoms with E-state index < -0.39 is 0 Å². The van der Waals surface area contributed by atoms with E-state index in [0.717, 1.165) is 25.1 Å². The number of hydrogen-bond acceptors (Lipinski definition) is 2. The van der Waals surface area contributed by atoms with Gasteiger partial charge in [-0.3, -0.25) is 0 Å². The molecule has 106 valence electrons. The van der Waals surface area contributed by atoms with E-state index in [4.69, 9.17) is 4.74 Å². The number of nitrogens with one attached hydrogen (secondary N) is 1. The lowest BCUT2D eigenvalue weighted by Gasteiger charge is -2.53. The highest BCUT2D eigenvalue weighted by molar-refractivity contribution is 14.1. The number of benzene rings is 1. The molecule has 0 aromatic heterocycles. The first-order valence-electron chi connectivity index (χ1n) is 7.25. The van der Waals surface area contributed by atoms with Crippen molar-refractivity contribution < 1.29 is 4.74 Å². The van der Waals surface area contributed by atoms with Gasteiger partial charge in [0, 0.05) is 21.4 Å². The minimum absolute atomic E-state index is 0.262. The van der Waals surface area contributed by atoms with E-state index in [9.17, 15) is 0 Å². The molecule has 0 bridgehead atoms. The summed E-state index contributed by atoms with van der Waals surface area (Å²) in [6, 6.07) is 8.95. The van der Waals surface area contributed by atoms with Crippen molar-refractivity contribution >= 4 is 22.6 Å². The summed E-state index contributed by atoms with van der Waals surface area (Å²) in [7, 11) is 0. The van der Waals surface area contributed by atoms with Gasteiger partial charge in [-0.25, -0.2) is 0 Å². The molecule has 0 spiro atoms. The molecule has 0 amide bonds. The highest BCUT2D eigenvalue weighted by atomic mass is 127. The van der Waals surface area contributed by atoms with Crippen LogP contribution in [0.1, 0.15) is 40.0 Å². The third-order valence-corrected chi connectivity index (χ3v) is 5.20. The molecule has 2 nitrogen and oxygen atoms in total. The van der Waals surface area contributed by atoms with Crippen LogP contribution >= 0.6 is 22.6 Å². The molecule has 1 aliphatic carbocycles. The van der Waals surface area contributed by atoms with Crippen LogP contribution in [0.3, 0.4) is 0 Å². The maximum absolute atomic E-state index is 6.18. The zero-order valence-corrected chi connectivity index (χ0v) is 14.2. The van der Waals surface area contributed by atoms with Crippen LogP contribution in [0, 0.1) is 8.99 Å². The van der Waals surface area contributed by atoms with Crippen LogP contribution in [0.25, 0.3) is 0 Å². The van der Waals surface area contributed by atoms with Crippen molar-refractivity contribution in [2.24, 2.45) is 5.41 Å². The van der Waals surface area contributed by atoms with Crippen LogP contribution in [0.5, 0.6) is 5.75 Å². The van der Waals surface area contributed by atoms with Crippen LogP contribution in [0.4, 0.5) is 0 Å². The molecule has 3 heteroatoms. The van der Waals surface area contributed by atoms with Gasteiger partial charge in [-0.05, 0) is 66.2 Å². The average Bonchev–Trinajstić information content (AvgIpc) is 2.43. The van der Waals surface area contributed by atoms with Gasteiger partial charge in [0.05, 0.1) is 0 Å². The van der Waals surface area contributed by atoms with E-state index in [2.05, 4.69) is 72.9 Å². The molecule has 1 aliphatic rings. The lowest BCUT2D eigenvalue weighted by molar-refractivity contribution is -0.0701. The van der Waals surface area contributed by atoms with Gasteiger partial charge in [0.15, 0.2) is 0 Å². The summed E-state index contributed by atoms with van der Waals surface area (Å²) in [6.07, 6.45) is 3.81. The zero-order chi connectivity index (χ0) is 13.9. The molecule has 3 unspecified atom stereocenters. The minimum atomic E-state index is 0.262. The first-order chi connectivity index (χ1) is 9.10. The average molecular weight is 373 g/mol. The van der Waals surface area contributed by atoms with Crippen molar-refractivity contribution in [3.8, 4) is 5.75 Å². The zero-order valence-electron chi connectivity index (χ0n) is 12.1. The molecule has 1 saturated carbocycles. The highest BCUT2D eigenvalue weighted by Crippen LogP contribution is 2.46. The van der Waals surface area contributed by atoms with Crippen LogP contribution in [-0.4, -0.2) is 18.7 Å². The molecule has 1 aromatic carbocycles. The summed E-state index contributed by atoms with van der Waals surface area (Å²) in [6.45, 7) is 7.94. The van der Waals surface area contributed by atoms with E-state index in [1.807, 2.05) is 0 Å². The van der Waals surface area contributed by atoms with Gasteiger partial charge in [0.1, 0.15) is 11.9 Å². The minimum Gasteiger partial charge on any atom is -0.490 e. The summed E-state index contributed by atoms with van der Waals surface area (Å²) in [5.41, 5.74) is 0.262. The second kappa shape index (κ2) is 6.44. The fraction of sp³-hybridized carbons (Fsp3) is 0.625. The number of halogens is 1. The first kappa shape index (κ1) is 15.1. The molecule has 19 heavy (non-hydrogen) atoms. The van der Waals surface area contributed by atoms with Gasteiger partial charge in [0.25, 0.3) is 0 Å². The molecule has 3 atom stereocenters. The van der Waals surface area contributed by atoms with Gasteiger partial charge >= 0.3 is 0 Å². The molecular weight excluding hydrogens is 349 g/mol. The van der Waals surface area contributed by atoms with Crippen molar-refractivity contribution in [1.82, 2.24) is 5.32 Å². The molecule has 1 fully saturated rings. The molecule has 2 rings (SSSR count). The normalized spacial score (nSPS) is 29.9. The predicted molar refractivity (Wildman–Crippen MR) is 88.7 cm³/mol. The van der Waals surface area contributed by atoms with Gasteiger partial charge in [-0.15, -0.1) is 0 Å². The number of rotatable bonds is 6. The Hall–Kier alpha value is -0.290. The van der Waals surface area contributed by atoms with Gasteiger partial charge < -0.3 is 10.1 Å². The van der Waals surface area contributed by atoms with Crippen molar-refractivity contribution in [3.05, 3.63) is 27.8 Å². The standard InChI is InChI=1S/C16H24INO/c1-4-10-18-14-11-15(16(14,3)5-2)19-13-8-6-12(17)7-9-13/h6-9,14-15,18H,4-5,10-11H2,1-3H3. The Morgan fingerprint density at radius 2 is 2.00 bits per heavy atom. The summed E-state index contributed by atoms with van der Waals surface area (Å²) in [4.78, 5) is 0. The quantitative estimate of drug-likeness (QED) is 0.754. The Morgan fingerprint density at radius 3 is 2.58 bits per heavy atom. The Labute approximate surface area is 130 Å². The van der Waals surface area contributed by atoms with E-state index in [-0.39, 0.29) is 5.41 Å². The largest absolute Gasteiger partial charge is 0.490 e. The Morgan fingerprint density at radius 1 is 1.32 bits per heavy atom. The van der Waals surface area contributed by atoms with Crippen LogP contribution in [0.15, 0.2) is 24.3 Å². The smallest absolute Gasteiger partial charge is 0.119 e. The second-order valence-corrected chi connectivity index (χ2v) is 6.91. The maximum Gasteiger partial charge on any atom is 0.119 e. The Balaban J connectivity index is 1.96. The van der Waals surface area contributed by atoms with Crippen LogP contribution in [-0.2, 0) is 0 Å². The number of ether oxygens (including phenoxy) is 1. The summed E-state index contributed by atoms with van der Waals surface area (Å²) in [5.74, 6) is 0.999. The Kier molecular flexibility index (Phi) is 5.12. The van der Waals surface area contributed by atoms with Crippen LogP contribution < -0.4 is 10.1 Å². The fourth-order valence-electron chi connectivity index (χ4n) is 2.79. The van der Waals surface area contributed by atoms with E-state index >= 15 is 0 Å². The lowest BCUT2D eigenvalue weighted by Crippen LogP contribution is -2.63. The van der Waals surface area contributed by atoms with E-state index in [1.165, 1.54) is 9.99 Å². The highest BCUT2D eigenvalue weighted by Gasteiger charge is 2.51. The summed E-state index contributed by atoms with van der Waals surface area (Å²) in [5, 5.41) is 3.65. The third-order valence-electron chi connectivity index (χ3n) is 4.48. The molecule has 0 heterocycles. The number of hydrogen-bond donors (Lipinski definition) is 1. The van der Waals surface area contributed by atoms with Crippen molar-refractivity contribution in [1.29, 1.82) is 0 Å². The third kappa shape index (κ3) is 3.24. The van der Waals surface area contributed by atoms with Gasteiger partial charge in [-0.2, -0.15) is 0 Å². The maximum atomic E-state index is 6.18. The topological polar surface area (TPSA) is 21.3 Å². The monoisotopic (exact) mass is 373 g/mol. The molecular formula is C16H24INO. The van der Waals surface area contributed by atoms with Crippen molar-refractivity contribution in [3.63, 3.8) is 0 Å². The predicted octanol–water partition coefficient (Wildman–Crippen LogP) is 4.23. The van der Waals surface area contributed by atoms with Crippen LogP contribution in [0.2, 0.25) is 0 Å². The first-order valence-corrected chi connectivity index (χ1v) is 8.33. The second-order valence-electron chi connectivity index (χ2n) is 5.66. The molecule has 0 saturated heterocycles. The van der Waals surface area contributed by atoms with Crippen molar-refractivity contribution in [2.75, 3.05) is 6.54 Å². The molecule has 0 aliphatic heterocycles. The van der Waals surface area contributed by atoms with Gasteiger partial charge in [-0.1, -0.05) is 20.8 Å². The summed E-state index contributed by atoms with van der Waals surface area (Å²) >= 11 is 2.32. The molecule has 1 aromatic rings. The molecule has 1 N–H and O–H groups in total. The van der Waals surface area contributed by atoms with E-state index in [1.54, 1.807) is 0 Å². The van der Waals surface area contributed by atoms with Crippen molar-refractivity contribution in [2.45, 2.75) is 52.2 Å². The summed E-state index contributed by atoms with van der Waals surface area (Å²) < 4.78 is 7.43. The SMILES string of the molecule is CCCNC1CC(Oc2ccc(I)cc2)C1(C)CC. The molecule has 0 radical (unpaired) electrons. The lowest BCUT2D eigenvalue weighted by atomic mass is 9.61. The van der Waals surface area contributed by atoms with Gasteiger partial charge in [0.2, 0.25) is 0 Å². The van der Waals surface area contributed by atoms with E-state index in [0.29, 0.717) is 12.1 Å². The fourth-order valence-corrected chi connectivity index (χ4v) is 3.15. The Bertz CT molecular complexity index is 406.